The number of aliphatic imine (C=N–C) groups is 1. The number of carboxylic acid groups (broad SMARTS) is 2. The SMILES string of the molecule is CN=C(N)NC(=O)c1cnc2c(c1)CCCC2C.O=C(O)C=CC(=O)O. The lowest BCUT2D eigenvalue weighted by molar-refractivity contribution is -0.134. The van der Waals surface area contributed by atoms with Gasteiger partial charge in [-0.1, -0.05) is 6.92 Å². The molecule has 26 heavy (non-hydrogen) atoms. The Labute approximate surface area is 150 Å². The van der Waals surface area contributed by atoms with Crippen molar-refractivity contribution in [1.82, 2.24) is 10.3 Å². The van der Waals surface area contributed by atoms with E-state index in [9.17, 15) is 14.4 Å². The third-order valence-corrected chi connectivity index (χ3v) is 3.66. The van der Waals surface area contributed by atoms with Crippen LogP contribution >= 0.6 is 0 Å². The second-order valence-corrected chi connectivity index (χ2v) is 5.63. The summed E-state index contributed by atoms with van der Waals surface area (Å²) >= 11 is 0. The fraction of sp³-hybridized carbons (Fsp3) is 0.353. The lowest BCUT2D eigenvalue weighted by atomic mass is 9.87. The summed E-state index contributed by atoms with van der Waals surface area (Å²) in [7, 11) is 1.53. The first-order valence-electron chi connectivity index (χ1n) is 7.91. The van der Waals surface area contributed by atoms with E-state index in [0.29, 0.717) is 23.6 Å². The molecule has 0 fully saturated rings. The summed E-state index contributed by atoms with van der Waals surface area (Å²) in [4.78, 5) is 39.1. The zero-order valence-corrected chi connectivity index (χ0v) is 14.6. The van der Waals surface area contributed by atoms with Crippen LogP contribution in [0.5, 0.6) is 0 Å². The lowest BCUT2D eigenvalue weighted by Crippen LogP contribution is -2.36. The highest BCUT2D eigenvalue weighted by molar-refractivity contribution is 6.05. The average molecular weight is 362 g/mol. The highest BCUT2D eigenvalue weighted by atomic mass is 16.4. The Balaban J connectivity index is 0.000000359. The van der Waals surface area contributed by atoms with E-state index >= 15 is 0 Å². The zero-order valence-electron chi connectivity index (χ0n) is 14.6. The molecular weight excluding hydrogens is 340 g/mol. The van der Waals surface area contributed by atoms with E-state index in [2.05, 4.69) is 22.2 Å². The predicted molar refractivity (Wildman–Crippen MR) is 95.0 cm³/mol. The molecule has 0 aromatic carbocycles. The Morgan fingerprint density at radius 2 is 1.92 bits per heavy atom. The normalized spacial score (nSPS) is 16.2. The molecule has 9 heteroatoms. The summed E-state index contributed by atoms with van der Waals surface area (Å²) in [5.41, 5.74) is 8.30. The summed E-state index contributed by atoms with van der Waals surface area (Å²) < 4.78 is 0. The summed E-state index contributed by atoms with van der Waals surface area (Å²) in [5, 5.41) is 18.1. The molecule has 9 nitrogen and oxygen atoms in total. The van der Waals surface area contributed by atoms with Gasteiger partial charge in [-0.3, -0.25) is 20.1 Å². The number of guanidine groups is 1. The Morgan fingerprint density at radius 3 is 2.46 bits per heavy atom. The molecule has 0 aliphatic heterocycles. The van der Waals surface area contributed by atoms with Gasteiger partial charge in [0.1, 0.15) is 0 Å². The molecule has 1 unspecified atom stereocenters. The van der Waals surface area contributed by atoms with Crippen LogP contribution in [0.1, 0.15) is 47.3 Å². The van der Waals surface area contributed by atoms with Crippen molar-refractivity contribution < 1.29 is 24.6 Å². The van der Waals surface area contributed by atoms with Crippen molar-refractivity contribution in [1.29, 1.82) is 0 Å². The number of nitrogens with one attached hydrogen (secondary N) is 1. The molecule has 0 radical (unpaired) electrons. The monoisotopic (exact) mass is 362 g/mol. The van der Waals surface area contributed by atoms with E-state index in [-0.39, 0.29) is 11.9 Å². The minimum atomic E-state index is -1.26. The number of nitrogens with zero attached hydrogens (tertiary/aromatic N) is 2. The number of pyridine rings is 1. The Hall–Kier alpha value is -3.23. The quantitative estimate of drug-likeness (QED) is 0.354. The van der Waals surface area contributed by atoms with Gasteiger partial charge in [-0.25, -0.2) is 9.59 Å². The van der Waals surface area contributed by atoms with Gasteiger partial charge in [-0.2, -0.15) is 0 Å². The molecule has 0 bridgehead atoms. The molecule has 1 aromatic heterocycles. The number of amides is 1. The first-order valence-corrected chi connectivity index (χ1v) is 7.91. The van der Waals surface area contributed by atoms with E-state index in [0.717, 1.165) is 18.5 Å². The van der Waals surface area contributed by atoms with Gasteiger partial charge in [0.2, 0.25) is 0 Å². The number of aromatic nitrogens is 1. The Morgan fingerprint density at radius 1 is 1.31 bits per heavy atom. The Kier molecular flexibility index (Phi) is 7.94. The molecule has 2 rings (SSSR count). The van der Waals surface area contributed by atoms with Gasteiger partial charge >= 0.3 is 11.9 Å². The maximum atomic E-state index is 11.9. The fourth-order valence-corrected chi connectivity index (χ4v) is 2.41. The van der Waals surface area contributed by atoms with Gasteiger partial charge < -0.3 is 15.9 Å². The number of carboxylic acids is 2. The summed E-state index contributed by atoms with van der Waals surface area (Å²) in [6.07, 6.45) is 6.04. The van der Waals surface area contributed by atoms with E-state index in [1.54, 1.807) is 6.20 Å². The first-order chi connectivity index (χ1) is 12.2. The molecule has 140 valence electrons. The molecule has 1 aliphatic carbocycles. The second-order valence-electron chi connectivity index (χ2n) is 5.63. The van der Waals surface area contributed by atoms with E-state index in [1.807, 2.05) is 6.07 Å². The first kappa shape index (κ1) is 20.8. The number of hydrogen-bond donors (Lipinski definition) is 4. The number of carbonyl (C=O) groups is 3. The van der Waals surface area contributed by atoms with Gasteiger partial charge in [0.15, 0.2) is 5.96 Å². The summed E-state index contributed by atoms with van der Waals surface area (Å²) in [5.74, 6) is -2.18. The van der Waals surface area contributed by atoms with Crippen LogP contribution in [0.4, 0.5) is 0 Å². The minimum Gasteiger partial charge on any atom is -0.478 e. The van der Waals surface area contributed by atoms with Crippen molar-refractivity contribution in [3.63, 3.8) is 0 Å². The maximum absolute atomic E-state index is 11.9. The molecule has 5 N–H and O–H groups in total. The molecule has 1 atom stereocenters. The van der Waals surface area contributed by atoms with Gasteiger partial charge in [0.05, 0.1) is 5.56 Å². The van der Waals surface area contributed by atoms with Crippen LogP contribution < -0.4 is 11.1 Å². The zero-order chi connectivity index (χ0) is 19.7. The van der Waals surface area contributed by atoms with Crippen molar-refractivity contribution in [2.75, 3.05) is 7.05 Å². The molecule has 1 aromatic rings. The van der Waals surface area contributed by atoms with E-state index in [1.165, 1.54) is 19.0 Å². The standard InChI is InChI=1S/C13H18N4O.C4H4O4/c1-8-4-3-5-9-6-10(7-16-11(8)9)12(18)17-13(14)15-2;5-3(6)1-2-4(7)8/h6-8H,3-5H2,1-2H3,(H3,14,15,17,18);1-2H,(H,5,6)(H,7,8). The highest BCUT2D eigenvalue weighted by Crippen LogP contribution is 2.29. The number of aryl methyl sites for hydroxylation is 1. The maximum Gasteiger partial charge on any atom is 0.328 e. The van der Waals surface area contributed by atoms with Gasteiger partial charge in [0, 0.05) is 31.1 Å². The topological polar surface area (TPSA) is 155 Å². The summed E-state index contributed by atoms with van der Waals surface area (Å²) in [6, 6.07) is 1.91. The van der Waals surface area contributed by atoms with Crippen molar-refractivity contribution in [2.24, 2.45) is 10.7 Å². The largest absolute Gasteiger partial charge is 0.478 e. The third kappa shape index (κ3) is 6.71. The number of rotatable bonds is 3. The third-order valence-electron chi connectivity index (χ3n) is 3.66. The molecule has 1 heterocycles. The van der Waals surface area contributed by atoms with Crippen LogP contribution in [-0.2, 0) is 16.0 Å². The van der Waals surface area contributed by atoms with Crippen LogP contribution in [0.2, 0.25) is 0 Å². The van der Waals surface area contributed by atoms with Crippen LogP contribution in [0.25, 0.3) is 0 Å². The van der Waals surface area contributed by atoms with Crippen LogP contribution in [0.15, 0.2) is 29.4 Å². The van der Waals surface area contributed by atoms with Gasteiger partial charge in [0.25, 0.3) is 5.91 Å². The predicted octanol–water partition coefficient (Wildman–Crippen LogP) is 0.908. The van der Waals surface area contributed by atoms with Gasteiger partial charge in [-0.15, -0.1) is 0 Å². The molecule has 0 spiro atoms. The average Bonchev–Trinajstić information content (AvgIpc) is 2.60. The van der Waals surface area contributed by atoms with E-state index < -0.39 is 11.9 Å². The molecule has 1 aliphatic rings. The second kappa shape index (κ2) is 9.92. The van der Waals surface area contributed by atoms with Crippen LogP contribution in [0.3, 0.4) is 0 Å². The molecule has 1 amide bonds. The minimum absolute atomic E-state index is 0.117. The van der Waals surface area contributed by atoms with Crippen molar-refractivity contribution >= 4 is 23.8 Å². The molecule has 0 saturated carbocycles. The fourth-order valence-electron chi connectivity index (χ4n) is 2.41. The van der Waals surface area contributed by atoms with Crippen LogP contribution in [-0.4, -0.2) is 46.1 Å². The number of fused-ring (bicyclic) bond motifs is 1. The van der Waals surface area contributed by atoms with Crippen molar-refractivity contribution in [3.8, 4) is 0 Å². The highest BCUT2D eigenvalue weighted by Gasteiger charge is 2.19. The number of nitrogens with two attached hydrogens (primary N) is 1. The van der Waals surface area contributed by atoms with E-state index in [4.69, 9.17) is 15.9 Å². The number of carbonyl (C=O) groups excluding carboxylic acids is 1. The molecular formula is C17H22N4O5. The lowest BCUT2D eigenvalue weighted by Gasteiger charge is -2.21. The summed E-state index contributed by atoms with van der Waals surface area (Å²) in [6.45, 7) is 2.17. The smallest absolute Gasteiger partial charge is 0.328 e. The van der Waals surface area contributed by atoms with Crippen molar-refractivity contribution in [3.05, 3.63) is 41.2 Å². The number of hydrogen-bond acceptors (Lipinski definition) is 5. The van der Waals surface area contributed by atoms with Crippen LogP contribution in [0, 0.1) is 0 Å². The number of aliphatic carboxylic acids is 2. The molecule has 0 saturated heterocycles. The Bertz CT molecular complexity index is 727. The van der Waals surface area contributed by atoms with Crippen molar-refractivity contribution in [2.45, 2.75) is 32.1 Å². The van der Waals surface area contributed by atoms with Gasteiger partial charge in [-0.05, 0) is 36.8 Å².